The first-order chi connectivity index (χ1) is 15.2. The number of benzene rings is 1. The summed E-state index contributed by atoms with van der Waals surface area (Å²) in [5.74, 6) is 1.94. The van der Waals surface area contributed by atoms with Crippen LogP contribution in [0.1, 0.15) is 24.4 Å². The van der Waals surface area contributed by atoms with Crippen molar-refractivity contribution in [3.63, 3.8) is 0 Å². The quantitative estimate of drug-likeness (QED) is 0.439. The second-order valence-electron chi connectivity index (χ2n) is 7.74. The van der Waals surface area contributed by atoms with Crippen molar-refractivity contribution in [3.8, 4) is 11.6 Å². The smallest absolute Gasteiger partial charge is 0.237 e. The van der Waals surface area contributed by atoms with Crippen molar-refractivity contribution in [2.45, 2.75) is 25.8 Å². The van der Waals surface area contributed by atoms with Crippen LogP contribution in [0, 0.1) is 6.92 Å². The molecule has 31 heavy (non-hydrogen) atoms. The van der Waals surface area contributed by atoms with Gasteiger partial charge < -0.3 is 20.7 Å². The summed E-state index contributed by atoms with van der Waals surface area (Å²) in [5.41, 5.74) is 3.84. The van der Waals surface area contributed by atoms with Crippen LogP contribution < -0.4 is 20.7 Å². The van der Waals surface area contributed by atoms with Gasteiger partial charge in [-0.1, -0.05) is 6.07 Å². The Balaban J connectivity index is 1.31. The molecule has 1 fully saturated rings. The summed E-state index contributed by atoms with van der Waals surface area (Å²) >= 11 is 0. The molecule has 9 nitrogen and oxygen atoms in total. The number of anilines is 3. The normalized spacial score (nSPS) is 14.6. The second-order valence-corrected chi connectivity index (χ2v) is 7.74. The van der Waals surface area contributed by atoms with Gasteiger partial charge in [-0.3, -0.25) is 4.68 Å². The molecule has 160 valence electrons. The molecule has 0 amide bonds. The maximum Gasteiger partial charge on any atom is 0.237 e. The fourth-order valence-corrected chi connectivity index (χ4v) is 3.86. The van der Waals surface area contributed by atoms with Gasteiger partial charge in [-0.05, 0) is 50.6 Å². The van der Waals surface area contributed by atoms with Crippen molar-refractivity contribution >= 4 is 22.8 Å². The lowest BCUT2D eigenvalue weighted by atomic mass is 10.1. The SMILES string of the molecule is CNc1cc(Oc2ccc3nc(Nc4cnn(C5CCNCC5)c4)cn3n2)ccc1C. The minimum Gasteiger partial charge on any atom is -0.438 e. The summed E-state index contributed by atoms with van der Waals surface area (Å²) in [6.45, 7) is 4.12. The molecule has 0 bridgehead atoms. The third kappa shape index (κ3) is 4.17. The van der Waals surface area contributed by atoms with Crippen molar-refractivity contribution < 1.29 is 4.74 Å². The first-order valence-corrected chi connectivity index (χ1v) is 10.5. The second kappa shape index (κ2) is 8.27. The molecule has 9 heteroatoms. The number of piperidine rings is 1. The van der Waals surface area contributed by atoms with Gasteiger partial charge in [-0.25, -0.2) is 9.50 Å². The summed E-state index contributed by atoms with van der Waals surface area (Å²) < 4.78 is 9.70. The zero-order chi connectivity index (χ0) is 21.2. The molecule has 5 rings (SSSR count). The van der Waals surface area contributed by atoms with Crippen molar-refractivity contribution in [2.24, 2.45) is 0 Å². The Kier molecular flexibility index (Phi) is 5.17. The molecule has 0 radical (unpaired) electrons. The average molecular weight is 419 g/mol. The fraction of sp³-hybridized carbons (Fsp3) is 0.318. The molecule has 1 saturated heterocycles. The van der Waals surface area contributed by atoms with Crippen LogP contribution in [0.3, 0.4) is 0 Å². The highest BCUT2D eigenvalue weighted by Crippen LogP contribution is 2.26. The molecule has 0 aliphatic carbocycles. The van der Waals surface area contributed by atoms with Gasteiger partial charge >= 0.3 is 0 Å². The first kappa shape index (κ1) is 19.4. The monoisotopic (exact) mass is 418 g/mol. The van der Waals surface area contributed by atoms with Crippen LogP contribution >= 0.6 is 0 Å². The fourth-order valence-electron chi connectivity index (χ4n) is 3.86. The van der Waals surface area contributed by atoms with E-state index in [2.05, 4.69) is 38.1 Å². The number of nitrogens with one attached hydrogen (secondary N) is 3. The molecule has 0 saturated carbocycles. The van der Waals surface area contributed by atoms with Crippen LogP contribution in [0.25, 0.3) is 5.65 Å². The standard InChI is InChI=1S/C22H26N8O/c1-15-3-4-18(11-19(15)23-2)31-22-6-5-21-27-20(14-30(21)28-22)26-16-12-25-29(13-16)17-7-9-24-10-8-17/h3-6,11-14,17,23-24,26H,7-10H2,1-2H3. The zero-order valence-corrected chi connectivity index (χ0v) is 17.7. The van der Waals surface area contributed by atoms with Crippen LogP contribution in [-0.2, 0) is 0 Å². The molecule has 1 aliphatic heterocycles. The first-order valence-electron chi connectivity index (χ1n) is 10.5. The molecule has 4 heterocycles. The predicted octanol–water partition coefficient (Wildman–Crippen LogP) is 3.74. The minimum absolute atomic E-state index is 0.449. The molecule has 0 unspecified atom stereocenters. The third-order valence-corrected chi connectivity index (χ3v) is 5.55. The van der Waals surface area contributed by atoms with E-state index in [1.807, 2.05) is 60.7 Å². The molecule has 4 aromatic rings. The average Bonchev–Trinajstić information content (AvgIpc) is 3.42. The molecular weight excluding hydrogens is 392 g/mol. The van der Waals surface area contributed by atoms with E-state index in [4.69, 9.17) is 4.74 Å². The van der Waals surface area contributed by atoms with Crippen molar-refractivity contribution in [2.75, 3.05) is 30.8 Å². The molecular formula is C22H26N8O. The Hall–Kier alpha value is -3.59. The lowest BCUT2D eigenvalue weighted by Gasteiger charge is -2.22. The molecule has 3 N–H and O–H groups in total. The maximum atomic E-state index is 5.94. The largest absolute Gasteiger partial charge is 0.438 e. The molecule has 3 aromatic heterocycles. The lowest BCUT2D eigenvalue weighted by molar-refractivity contribution is 0.343. The van der Waals surface area contributed by atoms with Crippen molar-refractivity contribution in [1.82, 2.24) is 29.7 Å². The van der Waals surface area contributed by atoms with Crippen molar-refractivity contribution in [1.29, 1.82) is 0 Å². The number of rotatable bonds is 6. The van der Waals surface area contributed by atoms with Gasteiger partial charge in [0.15, 0.2) is 11.5 Å². The van der Waals surface area contributed by atoms with E-state index in [-0.39, 0.29) is 0 Å². The molecule has 1 aliphatic rings. The van der Waals surface area contributed by atoms with Crippen LogP contribution in [0.4, 0.5) is 17.2 Å². The van der Waals surface area contributed by atoms with Gasteiger partial charge in [0.05, 0.1) is 24.1 Å². The van der Waals surface area contributed by atoms with Crippen LogP contribution in [-0.4, -0.2) is 44.5 Å². The lowest BCUT2D eigenvalue weighted by Crippen LogP contribution is -2.29. The Morgan fingerprint density at radius 2 is 2.00 bits per heavy atom. The van der Waals surface area contributed by atoms with Gasteiger partial charge in [0.25, 0.3) is 0 Å². The highest BCUT2D eigenvalue weighted by Gasteiger charge is 2.16. The van der Waals surface area contributed by atoms with Gasteiger partial charge in [0, 0.05) is 31.1 Å². The minimum atomic E-state index is 0.449. The summed E-state index contributed by atoms with van der Waals surface area (Å²) in [6.07, 6.45) is 7.92. The summed E-state index contributed by atoms with van der Waals surface area (Å²) in [6, 6.07) is 10.1. The topological polar surface area (TPSA) is 93.3 Å². The van der Waals surface area contributed by atoms with Crippen LogP contribution in [0.15, 0.2) is 48.9 Å². The maximum absolute atomic E-state index is 5.94. The van der Waals surface area contributed by atoms with Gasteiger partial charge in [-0.2, -0.15) is 5.10 Å². The van der Waals surface area contributed by atoms with Gasteiger partial charge in [0.1, 0.15) is 5.75 Å². The number of nitrogens with zero attached hydrogens (tertiary/aromatic N) is 5. The number of hydrogen-bond acceptors (Lipinski definition) is 7. The Labute approximate surface area is 180 Å². The number of imidazole rings is 1. The Morgan fingerprint density at radius 1 is 1.13 bits per heavy atom. The van der Waals surface area contributed by atoms with E-state index in [9.17, 15) is 0 Å². The number of hydrogen-bond donors (Lipinski definition) is 3. The van der Waals surface area contributed by atoms with Crippen LogP contribution in [0.2, 0.25) is 0 Å². The summed E-state index contributed by atoms with van der Waals surface area (Å²) in [4.78, 5) is 4.59. The molecule has 1 aromatic carbocycles. The molecule has 0 atom stereocenters. The predicted molar refractivity (Wildman–Crippen MR) is 120 cm³/mol. The van der Waals surface area contributed by atoms with Gasteiger partial charge in [0.2, 0.25) is 5.88 Å². The number of aryl methyl sites for hydroxylation is 1. The number of ether oxygens (including phenoxy) is 1. The van der Waals surface area contributed by atoms with E-state index in [0.717, 1.165) is 54.3 Å². The summed E-state index contributed by atoms with van der Waals surface area (Å²) in [7, 11) is 1.90. The Morgan fingerprint density at radius 3 is 2.84 bits per heavy atom. The van der Waals surface area contributed by atoms with E-state index in [1.165, 1.54) is 0 Å². The highest BCUT2D eigenvalue weighted by atomic mass is 16.5. The summed E-state index contributed by atoms with van der Waals surface area (Å²) in [5, 5.41) is 18.9. The highest BCUT2D eigenvalue weighted by molar-refractivity contribution is 5.58. The zero-order valence-electron chi connectivity index (χ0n) is 17.7. The van der Waals surface area contributed by atoms with E-state index >= 15 is 0 Å². The van der Waals surface area contributed by atoms with E-state index < -0.39 is 0 Å². The van der Waals surface area contributed by atoms with Gasteiger partial charge in [-0.15, -0.1) is 5.10 Å². The number of fused-ring (bicyclic) bond motifs is 1. The van der Waals surface area contributed by atoms with Crippen molar-refractivity contribution in [3.05, 3.63) is 54.5 Å². The van der Waals surface area contributed by atoms with E-state index in [1.54, 1.807) is 4.52 Å². The van der Waals surface area contributed by atoms with E-state index in [0.29, 0.717) is 17.7 Å². The molecule has 0 spiro atoms. The number of aromatic nitrogens is 5. The Bertz CT molecular complexity index is 1190. The van der Waals surface area contributed by atoms with Crippen LogP contribution in [0.5, 0.6) is 11.6 Å². The third-order valence-electron chi connectivity index (χ3n) is 5.55.